The van der Waals surface area contributed by atoms with Gasteiger partial charge in [-0.1, -0.05) is 18.7 Å². The molecule has 0 aliphatic carbocycles. The third kappa shape index (κ3) is 5.68. The summed E-state index contributed by atoms with van der Waals surface area (Å²) in [6, 6.07) is 14.7. The standard InChI is InChI=1S/C19H22N2O3/c1-3-12-24-17-10-8-15(9-11-17)21-19(22)14-20-16-6-5-7-18(13-16)23-4-2/h3,5-11,13,20H,1,4,12,14H2,2H3,(H,21,22). The molecule has 126 valence electrons. The Morgan fingerprint density at radius 2 is 1.88 bits per heavy atom. The molecule has 0 bridgehead atoms. The maximum atomic E-state index is 12.0. The van der Waals surface area contributed by atoms with Crippen LogP contribution in [0.15, 0.2) is 61.2 Å². The highest BCUT2D eigenvalue weighted by molar-refractivity contribution is 5.93. The lowest BCUT2D eigenvalue weighted by molar-refractivity contribution is -0.114. The van der Waals surface area contributed by atoms with Gasteiger partial charge in [-0.2, -0.15) is 0 Å². The van der Waals surface area contributed by atoms with Gasteiger partial charge < -0.3 is 20.1 Å². The van der Waals surface area contributed by atoms with E-state index in [0.29, 0.717) is 13.2 Å². The normalized spacial score (nSPS) is 9.88. The summed E-state index contributed by atoms with van der Waals surface area (Å²) in [6.45, 7) is 6.76. The van der Waals surface area contributed by atoms with Crippen LogP contribution in [0.4, 0.5) is 11.4 Å². The van der Waals surface area contributed by atoms with Crippen molar-refractivity contribution >= 4 is 17.3 Å². The molecule has 0 unspecified atom stereocenters. The van der Waals surface area contributed by atoms with Crippen LogP contribution < -0.4 is 20.1 Å². The summed E-state index contributed by atoms with van der Waals surface area (Å²) < 4.78 is 10.8. The summed E-state index contributed by atoms with van der Waals surface area (Å²) in [5.74, 6) is 1.38. The number of hydrogen-bond acceptors (Lipinski definition) is 4. The largest absolute Gasteiger partial charge is 0.494 e. The van der Waals surface area contributed by atoms with E-state index in [1.54, 1.807) is 30.3 Å². The summed E-state index contributed by atoms with van der Waals surface area (Å²) in [5.41, 5.74) is 1.56. The monoisotopic (exact) mass is 326 g/mol. The maximum absolute atomic E-state index is 12.0. The van der Waals surface area contributed by atoms with Crippen molar-refractivity contribution in [2.24, 2.45) is 0 Å². The summed E-state index contributed by atoms with van der Waals surface area (Å²) in [6.07, 6.45) is 1.68. The molecule has 0 radical (unpaired) electrons. The van der Waals surface area contributed by atoms with Gasteiger partial charge in [-0.05, 0) is 43.3 Å². The highest BCUT2D eigenvalue weighted by Crippen LogP contribution is 2.18. The number of ether oxygens (including phenoxy) is 2. The third-order valence-corrected chi connectivity index (χ3v) is 3.10. The maximum Gasteiger partial charge on any atom is 0.243 e. The van der Waals surface area contributed by atoms with E-state index in [4.69, 9.17) is 9.47 Å². The first kappa shape index (κ1) is 17.4. The minimum absolute atomic E-state index is 0.128. The van der Waals surface area contributed by atoms with E-state index in [0.717, 1.165) is 22.9 Å². The molecule has 0 atom stereocenters. The number of benzene rings is 2. The Labute approximate surface area is 142 Å². The molecule has 0 aliphatic heterocycles. The second-order valence-corrected chi connectivity index (χ2v) is 4.99. The summed E-state index contributed by atoms with van der Waals surface area (Å²) in [5, 5.41) is 5.90. The Hall–Kier alpha value is -2.95. The van der Waals surface area contributed by atoms with Gasteiger partial charge in [-0.3, -0.25) is 4.79 Å². The molecule has 5 nitrogen and oxygen atoms in total. The molecule has 0 heterocycles. The Morgan fingerprint density at radius 3 is 2.58 bits per heavy atom. The Balaban J connectivity index is 1.82. The van der Waals surface area contributed by atoms with E-state index < -0.39 is 0 Å². The van der Waals surface area contributed by atoms with Crippen LogP contribution in [0.25, 0.3) is 0 Å². The van der Waals surface area contributed by atoms with Crippen molar-refractivity contribution in [1.82, 2.24) is 0 Å². The number of carbonyl (C=O) groups excluding carboxylic acids is 1. The molecule has 0 aromatic heterocycles. The average Bonchev–Trinajstić information content (AvgIpc) is 2.60. The fraction of sp³-hybridized carbons (Fsp3) is 0.211. The van der Waals surface area contributed by atoms with Crippen LogP contribution in [-0.2, 0) is 4.79 Å². The molecular weight excluding hydrogens is 304 g/mol. The predicted octanol–water partition coefficient (Wildman–Crippen LogP) is 3.70. The third-order valence-electron chi connectivity index (χ3n) is 3.10. The fourth-order valence-electron chi connectivity index (χ4n) is 2.04. The van der Waals surface area contributed by atoms with Gasteiger partial charge >= 0.3 is 0 Å². The Morgan fingerprint density at radius 1 is 1.08 bits per heavy atom. The van der Waals surface area contributed by atoms with Gasteiger partial charge in [-0.25, -0.2) is 0 Å². The number of amides is 1. The zero-order chi connectivity index (χ0) is 17.2. The topological polar surface area (TPSA) is 59.6 Å². The lowest BCUT2D eigenvalue weighted by Crippen LogP contribution is -2.21. The van der Waals surface area contributed by atoms with E-state index in [1.165, 1.54) is 0 Å². The van der Waals surface area contributed by atoms with Crippen LogP contribution in [0.3, 0.4) is 0 Å². The number of nitrogens with one attached hydrogen (secondary N) is 2. The Kier molecular flexibility index (Phi) is 6.71. The molecule has 24 heavy (non-hydrogen) atoms. The molecule has 0 saturated carbocycles. The van der Waals surface area contributed by atoms with Gasteiger partial charge in [-0.15, -0.1) is 0 Å². The zero-order valence-corrected chi connectivity index (χ0v) is 13.7. The van der Waals surface area contributed by atoms with E-state index in [9.17, 15) is 4.79 Å². The van der Waals surface area contributed by atoms with Gasteiger partial charge in [0, 0.05) is 17.4 Å². The number of hydrogen-bond donors (Lipinski definition) is 2. The molecule has 5 heteroatoms. The van der Waals surface area contributed by atoms with Crippen LogP contribution in [0.2, 0.25) is 0 Å². The van der Waals surface area contributed by atoms with E-state index in [-0.39, 0.29) is 12.5 Å². The second kappa shape index (κ2) is 9.25. The van der Waals surface area contributed by atoms with Gasteiger partial charge in [0.15, 0.2) is 0 Å². The van der Waals surface area contributed by atoms with Crippen LogP contribution in [0.1, 0.15) is 6.92 Å². The van der Waals surface area contributed by atoms with Gasteiger partial charge in [0.1, 0.15) is 18.1 Å². The molecule has 0 fully saturated rings. The summed E-state index contributed by atoms with van der Waals surface area (Å²) in [7, 11) is 0. The smallest absolute Gasteiger partial charge is 0.243 e. The molecule has 0 aliphatic rings. The molecule has 2 rings (SSSR count). The van der Waals surface area contributed by atoms with Crippen molar-refractivity contribution < 1.29 is 14.3 Å². The molecular formula is C19H22N2O3. The van der Waals surface area contributed by atoms with Gasteiger partial charge in [0.05, 0.1) is 13.2 Å². The zero-order valence-electron chi connectivity index (χ0n) is 13.7. The van der Waals surface area contributed by atoms with Crippen LogP contribution in [0, 0.1) is 0 Å². The van der Waals surface area contributed by atoms with Crippen LogP contribution in [0.5, 0.6) is 11.5 Å². The predicted molar refractivity (Wildman–Crippen MR) is 96.9 cm³/mol. The van der Waals surface area contributed by atoms with E-state index in [1.807, 2.05) is 31.2 Å². The molecule has 0 spiro atoms. The summed E-state index contributed by atoms with van der Waals surface area (Å²) in [4.78, 5) is 12.0. The van der Waals surface area contributed by atoms with Crippen molar-refractivity contribution in [2.45, 2.75) is 6.92 Å². The molecule has 2 N–H and O–H groups in total. The first-order valence-corrected chi connectivity index (χ1v) is 7.81. The first-order valence-electron chi connectivity index (χ1n) is 7.81. The van der Waals surface area contributed by atoms with E-state index >= 15 is 0 Å². The first-order chi connectivity index (χ1) is 11.7. The van der Waals surface area contributed by atoms with E-state index in [2.05, 4.69) is 17.2 Å². The van der Waals surface area contributed by atoms with Crippen molar-refractivity contribution in [3.63, 3.8) is 0 Å². The quantitative estimate of drug-likeness (QED) is 0.690. The molecule has 2 aromatic carbocycles. The average molecular weight is 326 g/mol. The number of carbonyl (C=O) groups is 1. The van der Waals surface area contributed by atoms with Crippen molar-refractivity contribution in [2.75, 3.05) is 30.4 Å². The molecule has 2 aromatic rings. The van der Waals surface area contributed by atoms with Gasteiger partial charge in [0.25, 0.3) is 0 Å². The lowest BCUT2D eigenvalue weighted by atomic mass is 10.3. The SMILES string of the molecule is C=CCOc1ccc(NC(=O)CNc2cccc(OCC)c2)cc1. The fourth-order valence-corrected chi connectivity index (χ4v) is 2.04. The molecule has 1 amide bonds. The highest BCUT2D eigenvalue weighted by Gasteiger charge is 2.03. The van der Waals surface area contributed by atoms with Crippen LogP contribution >= 0.6 is 0 Å². The highest BCUT2D eigenvalue weighted by atomic mass is 16.5. The number of anilines is 2. The minimum atomic E-state index is -0.128. The minimum Gasteiger partial charge on any atom is -0.494 e. The molecule has 0 saturated heterocycles. The van der Waals surface area contributed by atoms with Crippen molar-refractivity contribution in [1.29, 1.82) is 0 Å². The Bertz CT molecular complexity index is 669. The lowest BCUT2D eigenvalue weighted by Gasteiger charge is -2.10. The second-order valence-electron chi connectivity index (χ2n) is 4.99. The van der Waals surface area contributed by atoms with Crippen molar-refractivity contribution in [3.8, 4) is 11.5 Å². The summed E-state index contributed by atoms with van der Waals surface area (Å²) >= 11 is 0. The van der Waals surface area contributed by atoms with Crippen molar-refractivity contribution in [3.05, 3.63) is 61.2 Å². The van der Waals surface area contributed by atoms with Crippen LogP contribution in [-0.4, -0.2) is 25.7 Å². The van der Waals surface area contributed by atoms with Gasteiger partial charge in [0.2, 0.25) is 5.91 Å². The number of rotatable bonds is 9.